The van der Waals surface area contributed by atoms with Gasteiger partial charge in [0.05, 0.1) is 10.6 Å². The minimum atomic E-state index is -4.59. The number of alkyl halides is 3. The zero-order chi connectivity index (χ0) is 16.7. The standard InChI is InChI=1S/C16H11F3N4S/c17-16(18,19)14-21-15-20-11(13-7-4-8-24-13)9-12(23(15)22-14)10-5-2-1-3-6-10/h1-9,12H,(H,20,21,22)/t12-/m0/s1. The molecule has 24 heavy (non-hydrogen) atoms. The smallest absolute Gasteiger partial charge is 0.323 e. The van der Waals surface area contributed by atoms with Crippen molar-refractivity contribution in [2.75, 3.05) is 5.32 Å². The molecule has 122 valence electrons. The molecule has 0 radical (unpaired) electrons. The number of hydrogen-bond acceptors (Lipinski definition) is 4. The van der Waals surface area contributed by atoms with Crippen molar-refractivity contribution < 1.29 is 13.2 Å². The lowest BCUT2D eigenvalue weighted by molar-refractivity contribution is -0.145. The first-order valence-corrected chi connectivity index (χ1v) is 8.02. The Hall–Kier alpha value is -2.61. The Morgan fingerprint density at radius 1 is 1.08 bits per heavy atom. The Balaban J connectivity index is 1.85. The molecule has 4 nitrogen and oxygen atoms in total. The van der Waals surface area contributed by atoms with Gasteiger partial charge in [-0.3, -0.25) is 0 Å². The summed E-state index contributed by atoms with van der Waals surface area (Å²) >= 11 is 1.50. The maximum atomic E-state index is 13.0. The van der Waals surface area contributed by atoms with Gasteiger partial charge in [0.1, 0.15) is 6.04 Å². The Bertz CT molecular complexity index is 882. The summed E-state index contributed by atoms with van der Waals surface area (Å²) in [6, 6.07) is 12.6. The van der Waals surface area contributed by atoms with Crippen molar-refractivity contribution in [3.8, 4) is 0 Å². The molecule has 1 aromatic carbocycles. The minimum absolute atomic E-state index is 0.0853. The van der Waals surface area contributed by atoms with E-state index in [1.165, 1.54) is 16.0 Å². The first-order chi connectivity index (χ1) is 11.5. The monoisotopic (exact) mass is 348 g/mol. The molecular weight excluding hydrogens is 337 g/mol. The van der Waals surface area contributed by atoms with Crippen LogP contribution in [0.25, 0.3) is 5.70 Å². The molecular formula is C16H11F3N4S. The Labute approximate surface area is 139 Å². The largest absolute Gasteiger partial charge is 0.453 e. The van der Waals surface area contributed by atoms with Crippen LogP contribution >= 0.6 is 11.3 Å². The highest BCUT2D eigenvalue weighted by Gasteiger charge is 2.39. The molecule has 0 amide bonds. The van der Waals surface area contributed by atoms with Crippen molar-refractivity contribution in [2.45, 2.75) is 12.2 Å². The molecule has 1 aliphatic rings. The van der Waals surface area contributed by atoms with Gasteiger partial charge in [0.15, 0.2) is 0 Å². The molecule has 0 spiro atoms. The van der Waals surface area contributed by atoms with Crippen LogP contribution in [0.3, 0.4) is 0 Å². The highest BCUT2D eigenvalue weighted by atomic mass is 32.1. The van der Waals surface area contributed by atoms with Crippen LogP contribution < -0.4 is 5.32 Å². The molecule has 3 aromatic rings. The van der Waals surface area contributed by atoms with Crippen LogP contribution in [-0.2, 0) is 6.18 Å². The number of thiophene rings is 1. The van der Waals surface area contributed by atoms with Gasteiger partial charge < -0.3 is 5.32 Å². The summed E-state index contributed by atoms with van der Waals surface area (Å²) < 4.78 is 40.3. The second-order valence-corrected chi connectivity index (χ2v) is 6.19. The number of fused-ring (bicyclic) bond motifs is 1. The zero-order valence-electron chi connectivity index (χ0n) is 12.2. The van der Waals surface area contributed by atoms with Gasteiger partial charge in [0.25, 0.3) is 5.82 Å². The van der Waals surface area contributed by atoms with E-state index >= 15 is 0 Å². The number of nitrogens with one attached hydrogen (secondary N) is 1. The molecule has 1 N–H and O–H groups in total. The van der Waals surface area contributed by atoms with E-state index < -0.39 is 18.0 Å². The summed E-state index contributed by atoms with van der Waals surface area (Å²) in [7, 11) is 0. The predicted molar refractivity (Wildman–Crippen MR) is 85.5 cm³/mol. The first-order valence-electron chi connectivity index (χ1n) is 7.14. The topological polar surface area (TPSA) is 42.7 Å². The van der Waals surface area contributed by atoms with E-state index in [0.717, 1.165) is 16.1 Å². The summed E-state index contributed by atoms with van der Waals surface area (Å²) in [4.78, 5) is 4.57. The molecule has 0 bridgehead atoms. The Morgan fingerprint density at radius 3 is 2.54 bits per heavy atom. The van der Waals surface area contributed by atoms with Crippen LogP contribution in [0.15, 0.2) is 53.9 Å². The number of rotatable bonds is 2. The van der Waals surface area contributed by atoms with Crippen molar-refractivity contribution in [3.63, 3.8) is 0 Å². The van der Waals surface area contributed by atoms with E-state index in [9.17, 15) is 13.2 Å². The highest BCUT2D eigenvalue weighted by molar-refractivity contribution is 7.11. The average Bonchev–Trinajstić information content (AvgIpc) is 3.23. The Kier molecular flexibility index (Phi) is 3.42. The highest BCUT2D eigenvalue weighted by Crippen LogP contribution is 2.36. The fourth-order valence-electron chi connectivity index (χ4n) is 2.58. The van der Waals surface area contributed by atoms with Crippen molar-refractivity contribution in [1.29, 1.82) is 0 Å². The fraction of sp³-hybridized carbons (Fsp3) is 0.125. The number of aromatic nitrogens is 3. The molecule has 1 aliphatic heterocycles. The number of nitrogens with zero attached hydrogens (tertiary/aromatic N) is 3. The molecule has 0 unspecified atom stereocenters. The lowest BCUT2D eigenvalue weighted by Gasteiger charge is -2.23. The SMILES string of the molecule is FC(F)(F)c1nc2n(n1)[C@H](c1ccccc1)C=C(c1cccs1)N2. The van der Waals surface area contributed by atoms with Crippen molar-refractivity contribution >= 4 is 23.0 Å². The van der Waals surface area contributed by atoms with Crippen LogP contribution in [0.5, 0.6) is 0 Å². The molecule has 0 saturated heterocycles. The van der Waals surface area contributed by atoms with Crippen LogP contribution in [0.4, 0.5) is 19.1 Å². The molecule has 3 heterocycles. The number of allylic oxidation sites excluding steroid dienone is 1. The summed E-state index contributed by atoms with van der Waals surface area (Å²) in [5, 5.41) is 8.54. The second kappa shape index (κ2) is 5.48. The third-order valence-corrected chi connectivity index (χ3v) is 4.55. The van der Waals surface area contributed by atoms with Gasteiger partial charge in [-0.2, -0.15) is 18.2 Å². The van der Waals surface area contributed by atoms with Gasteiger partial charge in [-0.15, -0.1) is 16.4 Å². The molecule has 0 fully saturated rings. The molecule has 8 heteroatoms. The normalized spacial score (nSPS) is 17.1. The van der Waals surface area contributed by atoms with Crippen LogP contribution in [0, 0.1) is 0 Å². The minimum Gasteiger partial charge on any atom is -0.323 e. The van der Waals surface area contributed by atoms with Gasteiger partial charge >= 0.3 is 6.18 Å². The quantitative estimate of drug-likeness (QED) is 0.746. The van der Waals surface area contributed by atoms with E-state index in [1.54, 1.807) is 0 Å². The summed E-state index contributed by atoms with van der Waals surface area (Å²) in [6.07, 6.45) is -2.72. The number of hydrogen-bond donors (Lipinski definition) is 1. The Morgan fingerprint density at radius 2 is 1.88 bits per heavy atom. The van der Waals surface area contributed by atoms with Crippen LogP contribution in [-0.4, -0.2) is 14.8 Å². The van der Waals surface area contributed by atoms with Crippen molar-refractivity contribution in [2.24, 2.45) is 0 Å². The molecule has 0 aliphatic carbocycles. The predicted octanol–water partition coefficient (Wildman–Crippen LogP) is 4.41. The third-order valence-electron chi connectivity index (χ3n) is 3.65. The van der Waals surface area contributed by atoms with Gasteiger partial charge in [-0.05, 0) is 23.1 Å². The average molecular weight is 348 g/mol. The van der Waals surface area contributed by atoms with Crippen LogP contribution in [0.2, 0.25) is 0 Å². The summed E-state index contributed by atoms with van der Waals surface area (Å²) in [5.74, 6) is -1.06. The maximum Gasteiger partial charge on any atom is 0.453 e. The van der Waals surface area contributed by atoms with Gasteiger partial charge in [0, 0.05) is 0 Å². The van der Waals surface area contributed by atoms with Gasteiger partial charge in [-0.25, -0.2) is 4.68 Å². The van der Waals surface area contributed by atoms with E-state index in [0.29, 0.717) is 0 Å². The number of anilines is 1. The molecule has 1 atom stereocenters. The molecule has 0 saturated carbocycles. The van der Waals surface area contributed by atoms with Crippen molar-refractivity contribution in [1.82, 2.24) is 14.8 Å². The van der Waals surface area contributed by atoms with Crippen molar-refractivity contribution in [3.05, 3.63) is 70.2 Å². The van der Waals surface area contributed by atoms with Crippen LogP contribution in [0.1, 0.15) is 22.3 Å². The van der Waals surface area contributed by atoms with E-state index in [-0.39, 0.29) is 5.95 Å². The second-order valence-electron chi connectivity index (χ2n) is 5.24. The maximum absolute atomic E-state index is 13.0. The van der Waals surface area contributed by atoms with E-state index in [1.807, 2.05) is 53.9 Å². The lowest BCUT2D eigenvalue weighted by Crippen LogP contribution is -2.20. The first kappa shape index (κ1) is 14.9. The number of benzene rings is 1. The molecule has 4 rings (SSSR count). The number of halogens is 3. The van der Waals surface area contributed by atoms with E-state index in [2.05, 4.69) is 15.4 Å². The zero-order valence-corrected chi connectivity index (χ0v) is 13.0. The summed E-state index contributed by atoms with van der Waals surface area (Å²) in [5.41, 5.74) is 1.57. The fourth-order valence-corrected chi connectivity index (χ4v) is 3.28. The van der Waals surface area contributed by atoms with Gasteiger partial charge in [0.2, 0.25) is 5.95 Å². The van der Waals surface area contributed by atoms with E-state index in [4.69, 9.17) is 0 Å². The molecule has 2 aromatic heterocycles. The third kappa shape index (κ3) is 2.58. The van der Waals surface area contributed by atoms with Gasteiger partial charge in [-0.1, -0.05) is 36.4 Å². The lowest BCUT2D eigenvalue weighted by atomic mass is 10.0. The summed E-state index contributed by atoms with van der Waals surface area (Å²) in [6.45, 7) is 0.